The molecular weight excluding hydrogens is 316 g/mol. The van der Waals surface area contributed by atoms with Crippen LogP contribution >= 0.6 is 0 Å². The number of carboxylic acid groups (broad SMARTS) is 1. The maximum absolute atomic E-state index is 13.2. The molecule has 1 aliphatic carbocycles. The summed E-state index contributed by atoms with van der Waals surface area (Å²) < 4.78 is 5.59. The van der Waals surface area contributed by atoms with Gasteiger partial charge >= 0.3 is 11.9 Å². The van der Waals surface area contributed by atoms with E-state index in [1.165, 1.54) is 0 Å². The molecule has 138 valence electrons. The Labute approximate surface area is 150 Å². The SMILES string of the molecule is CCCCOC(=O)C1(C(C)c2ccccc2)CCCC(C)C1C(=O)O. The topological polar surface area (TPSA) is 63.6 Å². The standard InChI is InChI=1S/C21H30O4/c1-4-5-14-25-20(24)21(16(3)17-11-7-6-8-12-17)13-9-10-15(2)18(21)19(22)23/h6-8,11-12,15-16,18H,4-5,9-10,13-14H2,1-3H3,(H,22,23). The minimum absolute atomic E-state index is 0.0452. The molecule has 4 heteroatoms. The molecule has 0 amide bonds. The predicted molar refractivity (Wildman–Crippen MR) is 97.3 cm³/mol. The van der Waals surface area contributed by atoms with Gasteiger partial charge in [0.15, 0.2) is 0 Å². The second kappa shape index (κ2) is 8.50. The zero-order valence-corrected chi connectivity index (χ0v) is 15.5. The first-order valence-corrected chi connectivity index (χ1v) is 9.40. The van der Waals surface area contributed by atoms with E-state index in [0.29, 0.717) is 13.0 Å². The molecular formula is C21H30O4. The van der Waals surface area contributed by atoms with Crippen LogP contribution in [0.1, 0.15) is 64.4 Å². The third-order valence-electron chi connectivity index (χ3n) is 5.82. The summed E-state index contributed by atoms with van der Waals surface area (Å²) in [5.74, 6) is -2.19. The molecule has 0 aromatic heterocycles. The molecule has 1 fully saturated rings. The Morgan fingerprint density at radius 2 is 2.00 bits per heavy atom. The molecule has 4 atom stereocenters. The maximum Gasteiger partial charge on any atom is 0.313 e. The van der Waals surface area contributed by atoms with Gasteiger partial charge in [-0.2, -0.15) is 0 Å². The van der Waals surface area contributed by atoms with E-state index in [2.05, 4.69) is 0 Å². The molecule has 0 bridgehead atoms. The summed E-state index contributed by atoms with van der Waals surface area (Å²) in [6.45, 7) is 6.33. The number of benzene rings is 1. The van der Waals surface area contributed by atoms with Gasteiger partial charge in [-0.1, -0.05) is 63.9 Å². The Hall–Kier alpha value is -1.84. The van der Waals surface area contributed by atoms with Gasteiger partial charge in [0.25, 0.3) is 0 Å². The van der Waals surface area contributed by atoms with Crippen molar-refractivity contribution >= 4 is 11.9 Å². The van der Waals surface area contributed by atoms with E-state index in [1.54, 1.807) is 0 Å². The van der Waals surface area contributed by atoms with Gasteiger partial charge in [-0.15, -0.1) is 0 Å². The number of hydrogen-bond acceptors (Lipinski definition) is 3. The Bertz CT molecular complexity index is 583. The number of hydrogen-bond donors (Lipinski definition) is 1. The number of carboxylic acids is 1. The number of carbonyl (C=O) groups excluding carboxylic acids is 1. The van der Waals surface area contributed by atoms with Crippen molar-refractivity contribution in [2.24, 2.45) is 17.3 Å². The molecule has 1 aromatic rings. The van der Waals surface area contributed by atoms with E-state index in [1.807, 2.05) is 51.1 Å². The second-order valence-electron chi connectivity index (χ2n) is 7.35. The van der Waals surface area contributed by atoms with Gasteiger partial charge < -0.3 is 9.84 Å². The van der Waals surface area contributed by atoms with Crippen molar-refractivity contribution in [2.45, 2.75) is 58.8 Å². The van der Waals surface area contributed by atoms with E-state index in [4.69, 9.17) is 4.74 Å². The van der Waals surface area contributed by atoms with Crippen molar-refractivity contribution in [3.05, 3.63) is 35.9 Å². The summed E-state index contributed by atoms with van der Waals surface area (Å²) in [6.07, 6.45) is 3.99. The lowest BCUT2D eigenvalue weighted by atomic mass is 9.55. The molecule has 4 nitrogen and oxygen atoms in total. The summed E-state index contributed by atoms with van der Waals surface area (Å²) in [5, 5.41) is 9.95. The molecule has 1 N–H and O–H groups in total. The molecule has 0 aliphatic heterocycles. The van der Waals surface area contributed by atoms with Gasteiger partial charge in [-0.25, -0.2) is 0 Å². The van der Waals surface area contributed by atoms with Crippen LogP contribution in [-0.2, 0) is 14.3 Å². The molecule has 4 unspecified atom stereocenters. The fourth-order valence-electron chi connectivity index (χ4n) is 4.38. The van der Waals surface area contributed by atoms with Crippen molar-refractivity contribution in [1.29, 1.82) is 0 Å². The lowest BCUT2D eigenvalue weighted by Gasteiger charge is -2.47. The average Bonchev–Trinajstić information content (AvgIpc) is 2.61. The molecule has 0 saturated heterocycles. The largest absolute Gasteiger partial charge is 0.481 e. The normalized spacial score (nSPS) is 27.5. The number of unbranched alkanes of at least 4 members (excludes halogenated alkanes) is 1. The van der Waals surface area contributed by atoms with E-state index in [9.17, 15) is 14.7 Å². The van der Waals surface area contributed by atoms with Crippen molar-refractivity contribution in [2.75, 3.05) is 6.61 Å². The van der Waals surface area contributed by atoms with E-state index in [0.717, 1.165) is 31.2 Å². The Morgan fingerprint density at radius 3 is 2.60 bits per heavy atom. The third kappa shape index (κ3) is 3.88. The molecule has 1 saturated carbocycles. The van der Waals surface area contributed by atoms with Crippen molar-refractivity contribution in [1.82, 2.24) is 0 Å². The first kappa shape index (κ1) is 19.5. The highest BCUT2D eigenvalue weighted by molar-refractivity contribution is 5.86. The van der Waals surface area contributed by atoms with Crippen LogP contribution < -0.4 is 0 Å². The fraction of sp³-hybridized carbons (Fsp3) is 0.619. The van der Waals surface area contributed by atoms with E-state index >= 15 is 0 Å². The van der Waals surface area contributed by atoms with Crippen LogP contribution in [0.4, 0.5) is 0 Å². The fourth-order valence-corrected chi connectivity index (χ4v) is 4.38. The van der Waals surface area contributed by atoms with Crippen molar-refractivity contribution < 1.29 is 19.4 Å². The number of aliphatic carboxylic acids is 1. The molecule has 0 heterocycles. The quantitative estimate of drug-likeness (QED) is 0.577. The highest BCUT2D eigenvalue weighted by Crippen LogP contribution is 2.53. The van der Waals surface area contributed by atoms with Crippen LogP contribution in [0.25, 0.3) is 0 Å². The number of ether oxygens (including phenoxy) is 1. The minimum atomic E-state index is -1.00. The van der Waals surface area contributed by atoms with Crippen LogP contribution in [0, 0.1) is 17.3 Å². The van der Waals surface area contributed by atoms with Gasteiger partial charge in [0.1, 0.15) is 0 Å². The summed E-state index contributed by atoms with van der Waals surface area (Å²) in [4.78, 5) is 25.3. The lowest BCUT2D eigenvalue weighted by molar-refractivity contribution is -0.176. The van der Waals surface area contributed by atoms with E-state index in [-0.39, 0.29) is 17.8 Å². The predicted octanol–water partition coefficient (Wildman–Crippen LogP) is 4.64. The number of rotatable bonds is 7. The van der Waals surface area contributed by atoms with Crippen LogP contribution in [0.15, 0.2) is 30.3 Å². The van der Waals surface area contributed by atoms with Gasteiger partial charge in [-0.05, 0) is 36.7 Å². The van der Waals surface area contributed by atoms with Crippen LogP contribution in [0.2, 0.25) is 0 Å². The Kier molecular flexibility index (Phi) is 6.63. The molecule has 25 heavy (non-hydrogen) atoms. The van der Waals surface area contributed by atoms with E-state index < -0.39 is 17.3 Å². The molecule has 0 spiro atoms. The van der Waals surface area contributed by atoms with Crippen LogP contribution in [-0.4, -0.2) is 23.7 Å². The minimum Gasteiger partial charge on any atom is -0.481 e. The van der Waals surface area contributed by atoms with Gasteiger partial charge in [-0.3, -0.25) is 9.59 Å². The molecule has 0 radical (unpaired) electrons. The average molecular weight is 346 g/mol. The van der Waals surface area contributed by atoms with Crippen LogP contribution in [0.3, 0.4) is 0 Å². The zero-order valence-electron chi connectivity index (χ0n) is 15.5. The number of esters is 1. The first-order valence-electron chi connectivity index (χ1n) is 9.40. The van der Waals surface area contributed by atoms with Crippen LogP contribution in [0.5, 0.6) is 0 Å². The van der Waals surface area contributed by atoms with Gasteiger partial charge in [0, 0.05) is 0 Å². The lowest BCUT2D eigenvalue weighted by Crippen LogP contribution is -2.52. The summed E-state index contributed by atoms with van der Waals surface area (Å²) in [5.41, 5.74) is -0.00575. The highest BCUT2D eigenvalue weighted by atomic mass is 16.5. The second-order valence-corrected chi connectivity index (χ2v) is 7.35. The Morgan fingerprint density at radius 1 is 1.32 bits per heavy atom. The highest BCUT2D eigenvalue weighted by Gasteiger charge is 2.57. The molecule has 1 aromatic carbocycles. The van der Waals surface area contributed by atoms with Gasteiger partial charge in [0.05, 0.1) is 17.9 Å². The zero-order chi connectivity index (χ0) is 18.4. The monoisotopic (exact) mass is 346 g/mol. The molecule has 2 rings (SSSR count). The van der Waals surface area contributed by atoms with Crippen molar-refractivity contribution in [3.8, 4) is 0 Å². The molecule has 1 aliphatic rings. The first-order chi connectivity index (χ1) is 11.9. The number of carbonyl (C=O) groups is 2. The summed E-state index contributed by atoms with van der Waals surface area (Å²) in [7, 11) is 0. The summed E-state index contributed by atoms with van der Waals surface area (Å²) >= 11 is 0. The van der Waals surface area contributed by atoms with Gasteiger partial charge in [0.2, 0.25) is 0 Å². The van der Waals surface area contributed by atoms with Crippen molar-refractivity contribution in [3.63, 3.8) is 0 Å². The third-order valence-corrected chi connectivity index (χ3v) is 5.82. The smallest absolute Gasteiger partial charge is 0.313 e. The summed E-state index contributed by atoms with van der Waals surface area (Å²) in [6, 6.07) is 9.75. The Balaban J connectivity index is 2.46. The maximum atomic E-state index is 13.2.